The van der Waals surface area contributed by atoms with Gasteiger partial charge in [-0.05, 0) is 135 Å². The van der Waals surface area contributed by atoms with Crippen molar-refractivity contribution in [2.24, 2.45) is 0 Å². The quantitative estimate of drug-likeness (QED) is 0.0197. The average molecular weight is 1150 g/mol. The highest BCUT2D eigenvalue weighted by Crippen LogP contribution is 2.43. The van der Waals surface area contributed by atoms with E-state index >= 15 is 0 Å². The monoisotopic (exact) mass is 1150 g/mol. The molecule has 0 fully saturated rings. The Labute approximate surface area is 495 Å². The zero-order chi connectivity index (χ0) is 59.8. The van der Waals surface area contributed by atoms with Crippen LogP contribution in [0.4, 0.5) is 0 Å². The molecule has 0 aliphatic carbocycles. The number of carbonyl (C=O) groups is 3. The minimum atomic E-state index is -4.82. The first-order valence-corrected chi connectivity index (χ1v) is 31.5. The normalized spacial score (nSPS) is 14.7. The maximum absolute atomic E-state index is 12.9. The maximum Gasteiger partial charge on any atom is 0.472 e. The van der Waals surface area contributed by atoms with E-state index in [-0.39, 0.29) is 19.3 Å². The van der Waals surface area contributed by atoms with Gasteiger partial charge in [-0.25, -0.2) is 4.57 Å². The number of aliphatic hydroxyl groups is 1. The SMILES string of the molecule is CC/C=C\C/C=C\C/C=C\C/C=C\C/C=C\C/C=C\CCC(=O)OCC(COP(=O)(O)OCC(CO)OC(=O)CCC/C=C\C/C=C\C/C=C\C/C=C\C/C=C\CC)OC(=O)CC/C=C\C/C=C\C/C=C\C/C=C\C/C=C\C/C=C\CC. The fraction of sp³-hybridized carbons (Fsp3) is 0.471. The first-order chi connectivity index (χ1) is 40.2. The molecule has 0 saturated heterocycles. The molecule has 0 radical (unpaired) electrons. The molecule has 3 unspecified atom stereocenters. The highest BCUT2D eigenvalue weighted by atomic mass is 31.2. The molecule has 0 heterocycles. The van der Waals surface area contributed by atoms with Gasteiger partial charge in [0, 0.05) is 19.3 Å². The number of allylic oxidation sites excluding steroid dienone is 34. The number of phosphoric ester groups is 1. The fourth-order valence-corrected chi connectivity index (χ4v) is 7.58. The van der Waals surface area contributed by atoms with Crippen LogP contribution in [0.5, 0.6) is 0 Å². The molecule has 0 amide bonds. The second-order valence-electron chi connectivity index (χ2n) is 18.7. The van der Waals surface area contributed by atoms with Gasteiger partial charge in [-0.3, -0.25) is 23.4 Å². The lowest BCUT2D eigenvalue weighted by molar-refractivity contribution is -0.161. The Morgan fingerprint density at radius 2 is 0.598 bits per heavy atom. The average Bonchev–Trinajstić information content (AvgIpc) is 3.47. The molecule has 0 saturated carbocycles. The molecular weight excluding hydrogens is 1050 g/mol. The molecule has 0 aromatic rings. The number of carbonyl (C=O) groups excluding carboxylic acids is 3. The molecule has 0 rings (SSSR count). The summed E-state index contributed by atoms with van der Waals surface area (Å²) >= 11 is 0. The number of unbranched alkanes of at least 4 members (excludes halogenated alkanes) is 1. The Morgan fingerprint density at radius 3 is 0.915 bits per heavy atom. The summed E-state index contributed by atoms with van der Waals surface area (Å²) in [6.45, 7) is 4.03. The lowest BCUT2D eigenvalue weighted by Crippen LogP contribution is -2.30. The molecule has 3 atom stereocenters. The maximum atomic E-state index is 12.9. The van der Waals surface area contributed by atoms with Crippen molar-refractivity contribution in [1.82, 2.24) is 0 Å². The van der Waals surface area contributed by atoms with Gasteiger partial charge in [0.15, 0.2) is 6.10 Å². The first-order valence-electron chi connectivity index (χ1n) is 30.0. The second-order valence-corrected chi connectivity index (χ2v) is 20.1. The van der Waals surface area contributed by atoms with Gasteiger partial charge >= 0.3 is 25.7 Å². The van der Waals surface area contributed by atoms with Crippen LogP contribution in [0.25, 0.3) is 0 Å². The predicted octanol–water partition coefficient (Wildman–Crippen LogP) is 18.4. The van der Waals surface area contributed by atoms with Crippen LogP contribution < -0.4 is 0 Å². The van der Waals surface area contributed by atoms with Crippen molar-refractivity contribution in [2.45, 2.75) is 187 Å². The number of rotatable bonds is 52. The van der Waals surface area contributed by atoms with Crippen molar-refractivity contribution in [2.75, 3.05) is 26.4 Å². The zero-order valence-electron chi connectivity index (χ0n) is 50.1. The van der Waals surface area contributed by atoms with Gasteiger partial charge in [-0.1, -0.05) is 227 Å². The minimum absolute atomic E-state index is 0.00838. The predicted molar refractivity (Wildman–Crippen MR) is 343 cm³/mol. The van der Waals surface area contributed by atoms with Gasteiger partial charge in [0.2, 0.25) is 0 Å². The lowest BCUT2D eigenvalue weighted by Gasteiger charge is -2.21. The summed E-state index contributed by atoms with van der Waals surface area (Å²) < 4.78 is 39.3. The van der Waals surface area contributed by atoms with Crippen LogP contribution in [0, 0.1) is 0 Å². The second kappa shape index (κ2) is 61.1. The van der Waals surface area contributed by atoms with Gasteiger partial charge in [0.1, 0.15) is 12.7 Å². The molecule has 454 valence electrons. The van der Waals surface area contributed by atoms with E-state index in [9.17, 15) is 28.9 Å². The highest BCUT2D eigenvalue weighted by Gasteiger charge is 2.28. The summed E-state index contributed by atoms with van der Waals surface area (Å²) in [5, 5.41) is 9.83. The van der Waals surface area contributed by atoms with Crippen LogP contribution in [0.2, 0.25) is 0 Å². The third-order valence-corrected chi connectivity index (χ3v) is 12.2. The molecule has 0 aliphatic heterocycles. The molecule has 0 aromatic heterocycles. The van der Waals surface area contributed by atoms with Crippen molar-refractivity contribution >= 4 is 25.7 Å². The van der Waals surface area contributed by atoms with Crippen LogP contribution in [0.1, 0.15) is 175 Å². The molecule has 12 heteroatoms. The summed E-state index contributed by atoms with van der Waals surface area (Å²) in [5.74, 6) is -1.76. The van der Waals surface area contributed by atoms with E-state index < -0.39 is 64.4 Å². The highest BCUT2D eigenvalue weighted by molar-refractivity contribution is 7.47. The third-order valence-electron chi connectivity index (χ3n) is 11.2. The Morgan fingerprint density at radius 1 is 0.341 bits per heavy atom. The number of ether oxygens (including phenoxy) is 3. The van der Waals surface area contributed by atoms with E-state index in [4.69, 9.17) is 23.3 Å². The molecule has 11 nitrogen and oxygen atoms in total. The smallest absolute Gasteiger partial charge is 0.462 e. The first kappa shape index (κ1) is 76.1. The molecule has 82 heavy (non-hydrogen) atoms. The molecule has 0 aliphatic rings. The van der Waals surface area contributed by atoms with Crippen LogP contribution in [0.15, 0.2) is 207 Å². The van der Waals surface area contributed by atoms with Gasteiger partial charge in [0.25, 0.3) is 0 Å². The lowest BCUT2D eigenvalue weighted by atomic mass is 10.2. The van der Waals surface area contributed by atoms with Crippen molar-refractivity contribution in [1.29, 1.82) is 0 Å². The van der Waals surface area contributed by atoms with Crippen LogP contribution >= 0.6 is 7.82 Å². The standard InChI is InChI=1S/C70H103O11P/c1-4-7-10-13-16-19-22-25-28-31-33-36-38-41-44-47-50-53-56-59-68(72)77-63-67(81-70(74)61-58-55-52-49-46-43-40-37-34-32-29-26-23-20-17-14-11-8-5-2)65-79-82(75,76)78-64-66(62-71)80-69(73)60-57-54-51-48-45-42-39-35-30-27-24-21-18-15-12-9-6-3/h7-12,16-21,25-30,33-34,36-37,39,41-44,46,48,50-53,55,66-67,71H,4-6,13-15,22-24,31-32,35,38,40,45,47,49,54,56-65H2,1-3H3,(H,75,76)/b10-7-,11-8-,12-9-,19-16-,20-17-,21-18-,28-25-,29-26-,30-27-,36-33-,37-34-,42-39-,44-41-,46-43-,51-48-,53-50-,55-52-. The largest absolute Gasteiger partial charge is 0.472 e. The number of phosphoric acid groups is 1. The Balaban J connectivity index is 5.03. The number of hydrogen-bond acceptors (Lipinski definition) is 10. The van der Waals surface area contributed by atoms with Crippen molar-refractivity contribution < 1.29 is 52.2 Å². The molecule has 0 spiro atoms. The van der Waals surface area contributed by atoms with E-state index in [2.05, 4.69) is 185 Å². The van der Waals surface area contributed by atoms with Gasteiger partial charge in [0.05, 0.1) is 19.8 Å². The van der Waals surface area contributed by atoms with Crippen LogP contribution in [-0.2, 0) is 42.2 Å². The summed E-state index contributed by atoms with van der Waals surface area (Å²) in [4.78, 5) is 48.6. The van der Waals surface area contributed by atoms with Crippen molar-refractivity contribution in [3.8, 4) is 0 Å². The zero-order valence-corrected chi connectivity index (χ0v) is 51.0. The van der Waals surface area contributed by atoms with E-state index in [1.165, 1.54) is 0 Å². The summed E-state index contributed by atoms with van der Waals surface area (Å²) in [6.07, 6.45) is 86.8. The van der Waals surface area contributed by atoms with E-state index in [1.807, 2.05) is 42.5 Å². The van der Waals surface area contributed by atoms with Gasteiger partial charge in [-0.15, -0.1) is 0 Å². The van der Waals surface area contributed by atoms with E-state index in [1.54, 1.807) is 0 Å². The van der Waals surface area contributed by atoms with Gasteiger partial charge in [-0.2, -0.15) is 0 Å². The summed E-state index contributed by atoms with van der Waals surface area (Å²) in [7, 11) is -4.82. The number of aliphatic hydroxyl groups excluding tert-OH is 1. The van der Waals surface area contributed by atoms with Crippen LogP contribution in [-0.4, -0.2) is 66.5 Å². The molecular formula is C70H103O11P. The van der Waals surface area contributed by atoms with Crippen molar-refractivity contribution in [3.05, 3.63) is 207 Å². The minimum Gasteiger partial charge on any atom is -0.462 e. The summed E-state index contributed by atoms with van der Waals surface area (Å²) in [6, 6.07) is 0. The Bertz CT molecular complexity index is 2170. The number of hydrogen-bond donors (Lipinski definition) is 2. The molecule has 0 bridgehead atoms. The van der Waals surface area contributed by atoms with E-state index in [0.717, 1.165) is 96.3 Å². The Kier molecular flexibility index (Phi) is 56.7. The van der Waals surface area contributed by atoms with Crippen LogP contribution in [0.3, 0.4) is 0 Å². The van der Waals surface area contributed by atoms with Gasteiger partial charge < -0.3 is 24.2 Å². The number of esters is 3. The summed E-state index contributed by atoms with van der Waals surface area (Å²) in [5.41, 5.74) is 0. The fourth-order valence-electron chi connectivity index (χ4n) is 6.79. The Hall–Kier alpha value is -5.94. The topological polar surface area (TPSA) is 155 Å². The van der Waals surface area contributed by atoms with Crippen molar-refractivity contribution in [3.63, 3.8) is 0 Å². The molecule has 2 N–H and O–H groups in total. The molecule has 0 aromatic carbocycles. The van der Waals surface area contributed by atoms with E-state index in [0.29, 0.717) is 38.5 Å². The third kappa shape index (κ3) is 58.7.